The predicted octanol–water partition coefficient (Wildman–Crippen LogP) is 5.15. The van der Waals surface area contributed by atoms with Gasteiger partial charge in [-0.1, -0.05) is 48.0 Å². The van der Waals surface area contributed by atoms with Gasteiger partial charge in [0.05, 0.1) is 18.2 Å². The van der Waals surface area contributed by atoms with Crippen LogP contribution in [-0.4, -0.2) is 27.6 Å². The summed E-state index contributed by atoms with van der Waals surface area (Å²) in [6.07, 6.45) is 1.49. The van der Waals surface area contributed by atoms with Crippen molar-refractivity contribution >= 4 is 27.8 Å². The molecular weight excluding hydrogens is 502 g/mol. The molecular formula is C29H27N3O5S. The van der Waals surface area contributed by atoms with Crippen LogP contribution in [0.15, 0.2) is 107 Å². The Morgan fingerprint density at radius 2 is 1.61 bits per heavy atom. The zero-order valence-electron chi connectivity index (χ0n) is 20.9. The number of nitrogens with zero attached hydrogens (tertiary/aromatic N) is 1. The summed E-state index contributed by atoms with van der Waals surface area (Å²) in [5, 5.41) is 4.01. The van der Waals surface area contributed by atoms with Gasteiger partial charge in [0.1, 0.15) is 6.61 Å². The van der Waals surface area contributed by atoms with E-state index < -0.39 is 15.9 Å². The molecule has 0 bridgehead atoms. The van der Waals surface area contributed by atoms with Crippen LogP contribution in [-0.2, 0) is 16.6 Å². The number of methoxy groups -OCH3 is 1. The first-order valence-electron chi connectivity index (χ1n) is 11.7. The van der Waals surface area contributed by atoms with Crippen molar-refractivity contribution in [1.82, 2.24) is 5.43 Å². The number of hydrazone groups is 1. The van der Waals surface area contributed by atoms with Crippen LogP contribution in [0.25, 0.3) is 0 Å². The molecule has 0 saturated carbocycles. The minimum atomic E-state index is -3.73. The first kappa shape index (κ1) is 26.4. The van der Waals surface area contributed by atoms with Gasteiger partial charge in [0.15, 0.2) is 11.5 Å². The zero-order chi connectivity index (χ0) is 27.0. The molecule has 4 rings (SSSR count). The Morgan fingerprint density at radius 1 is 0.895 bits per heavy atom. The molecule has 0 atom stereocenters. The molecule has 0 aliphatic rings. The van der Waals surface area contributed by atoms with Gasteiger partial charge in [-0.25, -0.2) is 13.8 Å². The molecule has 0 fully saturated rings. The number of anilines is 1. The predicted molar refractivity (Wildman–Crippen MR) is 147 cm³/mol. The second-order valence-electron chi connectivity index (χ2n) is 8.38. The summed E-state index contributed by atoms with van der Waals surface area (Å²) in [5.74, 6) is 0.694. The number of carbonyl (C=O) groups is 1. The van der Waals surface area contributed by atoms with Gasteiger partial charge >= 0.3 is 0 Å². The third-order valence-electron chi connectivity index (χ3n) is 5.54. The Bertz CT molecular complexity index is 1520. The topological polar surface area (TPSA) is 106 Å². The molecule has 2 N–H and O–H groups in total. The van der Waals surface area contributed by atoms with Crippen molar-refractivity contribution in [2.45, 2.75) is 18.4 Å². The highest BCUT2D eigenvalue weighted by molar-refractivity contribution is 7.92. The van der Waals surface area contributed by atoms with Crippen molar-refractivity contribution in [3.63, 3.8) is 0 Å². The molecule has 0 unspecified atom stereocenters. The van der Waals surface area contributed by atoms with E-state index in [4.69, 9.17) is 9.47 Å². The van der Waals surface area contributed by atoms with Crippen LogP contribution in [0.1, 0.15) is 27.0 Å². The van der Waals surface area contributed by atoms with E-state index in [-0.39, 0.29) is 4.90 Å². The number of amides is 1. The Hall–Kier alpha value is -4.63. The fraction of sp³-hybridized carbons (Fsp3) is 0.103. The molecule has 0 aliphatic heterocycles. The SMILES string of the molecule is COc1cc(C=NNC(=O)c2ccc(NS(=O)(=O)c3ccc(C)cc3)cc2)ccc1OCc1ccccc1. The van der Waals surface area contributed by atoms with Gasteiger partial charge in [0, 0.05) is 11.3 Å². The maximum absolute atomic E-state index is 12.5. The van der Waals surface area contributed by atoms with Gasteiger partial charge in [0.2, 0.25) is 0 Å². The lowest BCUT2D eigenvalue weighted by molar-refractivity contribution is 0.0955. The highest BCUT2D eigenvalue weighted by Crippen LogP contribution is 2.28. The first-order chi connectivity index (χ1) is 18.3. The lowest BCUT2D eigenvalue weighted by atomic mass is 10.2. The average molecular weight is 530 g/mol. The van der Waals surface area contributed by atoms with E-state index >= 15 is 0 Å². The Labute approximate surface area is 222 Å². The number of rotatable bonds is 10. The lowest BCUT2D eigenvalue weighted by Crippen LogP contribution is -2.18. The third kappa shape index (κ3) is 6.98. The summed E-state index contributed by atoms with van der Waals surface area (Å²) in [7, 11) is -2.17. The number of sulfonamides is 1. The van der Waals surface area contributed by atoms with Crippen LogP contribution in [0.4, 0.5) is 5.69 Å². The first-order valence-corrected chi connectivity index (χ1v) is 13.2. The molecule has 0 spiro atoms. The number of nitrogens with one attached hydrogen (secondary N) is 2. The largest absolute Gasteiger partial charge is 0.493 e. The fourth-order valence-electron chi connectivity index (χ4n) is 3.47. The second-order valence-corrected chi connectivity index (χ2v) is 10.1. The van der Waals surface area contributed by atoms with Crippen molar-refractivity contribution in [1.29, 1.82) is 0 Å². The normalized spacial score (nSPS) is 11.2. The molecule has 194 valence electrons. The maximum atomic E-state index is 12.5. The molecule has 0 heterocycles. The minimum absolute atomic E-state index is 0.159. The molecule has 0 radical (unpaired) electrons. The van der Waals surface area contributed by atoms with Gasteiger partial charge in [-0.2, -0.15) is 5.10 Å². The highest BCUT2D eigenvalue weighted by Gasteiger charge is 2.14. The van der Waals surface area contributed by atoms with E-state index in [1.165, 1.54) is 30.5 Å². The van der Waals surface area contributed by atoms with Gasteiger partial charge in [0.25, 0.3) is 15.9 Å². The number of hydrogen-bond donors (Lipinski definition) is 2. The molecule has 0 saturated heterocycles. The number of ether oxygens (including phenoxy) is 2. The van der Waals surface area contributed by atoms with Crippen molar-refractivity contribution in [3.8, 4) is 11.5 Å². The number of hydrogen-bond acceptors (Lipinski definition) is 6. The van der Waals surface area contributed by atoms with Crippen LogP contribution in [0.5, 0.6) is 11.5 Å². The standard InChI is InChI=1S/C29H27N3O5S/c1-21-8-15-26(16-9-21)38(34,35)32-25-13-11-24(12-14-25)29(33)31-30-19-23-10-17-27(28(18-23)36-2)37-20-22-6-4-3-5-7-22/h3-19,32H,20H2,1-2H3,(H,31,33). The summed E-state index contributed by atoms with van der Waals surface area (Å²) in [5.41, 5.74) is 5.84. The summed E-state index contributed by atoms with van der Waals surface area (Å²) in [6, 6.07) is 27.7. The zero-order valence-corrected chi connectivity index (χ0v) is 21.7. The highest BCUT2D eigenvalue weighted by atomic mass is 32.2. The van der Waals surface area contributed by atoms with Crippen molar-refractivity contribution in [2.24, 2.45) is 5.10 Å². The summed E-state index contributed by atoms with van der Waals surface area (Å²) in [6.45, 7) is 2.29. The summed E-state index contributed by atoms with van der Waals surface area (Å²) >= 11 is 0. The van der Waals surface area contributed by atoms with Crippen molar-refractivity contribution in [3.05, 3.63) is 119 Å². The number of benzene rings is 4. The average Bonchev–Trinajstić information content (AvgIpc) is 2.93. The van der Waals surface area contributed by atoms with E-state index in [0.29, 0.717) is 34.9 Å². The van der Waals surface area contributed by atoms with Gasteiger partial charge in [-0.3, -0.25) is 9.52 Å². The number of carbonyl (C=O) groups excluding carboxylic acids is 1. The number of aryl methyl sites for hydroxylation is 1. The second kappa shape index (κ2) is 12.1. The molecule has 1 amide bonds. The third-order valence-corrected chi connectivity index (χ3v) is 6.93. The molecule has 0 aromatic heterocycles. The van der Waals surface area contributed by atoms with Crippen LogP contribution >= 0.6 is 0 Å². The molecule has 38 heavy (non-hydrogen) atoms. The Morgan fingerprint density at radius 3 is 2.29 bits per heavy atom. The van der Waals surface area contributed by atoms with E-state index in [1.54, 1.807) is 49.6 Å². The Kier molecular flexibility index (Phi) is 8.40. The summed E-state index contributed by atoms with van der Waals surface area (Å²) in [4.78, 5) is 12.6. The van der Waals surface area contributed by atoms with Crippen LogP contribution < -0.4 is 19.6 Å². The molecule has 8 nitrogen and oxygen atoms in total. The fourth-order valence-corrected chi connectivity index (χ4v) is 4.53. The van der Waals surface area contributed by atoms with E-state index in [0.717, 1.165) is 11.1 Å². The minimum Gasteiger partial charge on any atom is -0.493 e. The van der Waals surface area contributed by atoms with Crippen LogP contribution in [0, 0.1) is 6.92 Å². The van der Waals surface area contributed by atoms with Crippen molar-refractivity contribution < 1.29 is 22.7 Å². The monoisotopic (exact) mass is 529 g/mol. The van der Waals surface area contributed by atoms with E-state index in [2.05, 4.69) is 15.2 Å². The molecule has 4 aromatic rings. The van der Waals surface area contributed by atoms with Gasteiger partial charge in [-0.05, 0) is 72.6 Å². The van der Waals surface area contributed by atoms with Crippen molar-refractivity contribution in [2.75, 3.05) is 11.8 Å². The summed E-state index contributed by atoms with van der Waals surface area (Å²) < 4.78 is 38.9. The maximum Gasteiger partial charge on any atom is 0.271 e. The smallest absolute Gasteiger partial charge is 0.271 e. The molecule has 0 aliphatic carbocycles. The Balaban J connectivity index is 1.33. The molecule has 9 heteroatoms. The lowest BCUT2D eigenvalue weighted by Gasteiger charge is -2.11. The van der Waals surface area contributed by atoms with Gasteiger partial charge < -0.3 is 9.47 Å². The van der Waals surface area contributed by atoms with Gasteiger partial charge in [-0.15, -0.1) is 0 Å². The van der Waals surface area contributed by atoms with E-state index in [9.17, 15) is 13.2 Å². The van der Waals surface area contributed by atoms with Crippen LogP contribution in [0.2, 0.25) is 0 Å². The molecule has 4 aromatic carbocycles. The van der Waals surface area contributed by atoms with Crippen LogP contribution in [0.3, 0.4) is 0 Å². The quantitative estimate of drug-likeness (QED) is 0.218. The van der Waals surface area contributed by atoms with E-state index in [1.807, 2.05) is 37.3 Å².